The number of hydrogen-bond donors (Lipinski definition) is 1. The Morgan fingerprint density at radius 2 is 2.19 bits per heavy atom. The van der Waals surface area contributed by atoms with E-state index in [0.29, 0.717) is 11.5 Å². The summed E-state index contributed by atoms with van der Waals surface area (Å²) in [6.07, 6.45) is 4.02. The Kier molecular flexibility index (Phi) is 5.10. The molecule has 5 heteroatoms. The second-order valence-electron chi connectivity index (χ2n) is 4.83. The molecule has 0 saturated heterocycles. The van der Waals surface area contributed by atoms with Crippen LogP contribution in [0.4, 0.5) is 17.5 Å². The molecular weight excluding hydrogens is 262 g/mol. The van der Waals surface area contributed by atoms with Gasteiger partial charge in [-0.25, -0.2) is 4.98 Å². The summed E-state index contributed by atoms with van der Waals surface area (Å²) in [7, 11) is 2.03. The summed E-state index contributed by atoms with van der Waals surface area (Å²) < 4.78 is 0. The van der Waals surface area contributed by atoms with E-state index < -0.39 is 0 Å². The number of nitrogens with one attached hydrogen (secondary N) is 1. The van der Waals surface area contributed by atoms with Gasteiger partial charge in [-0.15, -0.1) is 0 Å². The maximum atomic E-state index is 8.91. The first-order valence-electron chi connectivity index (χ1n) is 7.04. The highest BCUT2D eigenvalue weighted by Crippen LogP contribution is 2.17. The highest BCUT2D eigenvalue weighted by molar-refractivity contribution is 5.57. The minimum Gasteiger partial charge on any atom is -0.360 e. The summed E-state index contributed by atoms with van der Waals surface area (Å²) in [5.41, 5.74) is 1.42. The van der Waals surface area contributed by atoms with Crippen molar-refractivity contribution in [3.63, 3.8) is 0 Å². The van der Waals surface area contributed by atoms with Gasteiger partial charge in [-0.2, -0.15) is 10.2 Å². The molecule has 1 aromatic heterocycles. The van der Waals surface area contributed by atoms with Crippen LogP contribution in [0, 0.1) is 11.3 Å². The third-order valence-electron chi connectivity index (χ3n) is 3.13. The lowest BCUT2D eigenvalue weighted by Crippen LogP contribution is -2.19. The topological polar surface area (TPSA) is 64.8 Å². The molecule has 0 aliphatic rings. The maximum Gasteiger partial charge on any atom is 0.229 e. The zero-order chi connectivity index (χ0) is 15.1. The number of rotatable bonds is 6. The largest absolute Gasteiger partial charge is 0.360 e. The highest BCUT2D eigenvalue weighted by atomic mass is 15.2. The van der Waals surface area contributed by atoms with Crippen molar-refractivity contribution in [2.24, 2.45) is 0 Å². The van der Waals surface area contributed by atoms with Gasteiger partial charge in [-0.05, 0) is 30.7 Å². The lowest BCUT2D eigenvalue weighted by atomic mass is 10.2. The van der Waals surface area contributed by atoms with Crippen molar-refractivity contribution in [2.45, 2.75) is 19.8 Å². The number of aromatic nitrogens is 2. The Bertz CT molecular complexity index is 633. The van der Waals surface area contributed by atoms with E-state index in [-0.39, 0.29) is 0 Å². The van der Waals surface area contributed by atoms with E-state index in [0.717, 1.165) is 30.9 Å². The van der Waals surface area contributed by atoms with Crippen LogP contribution in [0.15, 0.2) is 36.5 Å². The van der Waals surface area contributed by atoms with Crippen molar-refractivity contribution in [1.29, 1.82) is 5.26 Å². The molecule has 0 spiro atoms. The summed E-state index contributed by atoms with van der Waals surface area (Å²) in [6, 6.07) is 11.3. The molecule has 2 rings (SSSR count). The Balaban J connectivity index is 2.12. The molecule has 0 bridgehead atoms. The molecule has 108 valence electrons. The minimum absolute atomic E-state index is 0.533. The van der Waals surface area contributed by atoms with Gasteiger partial charge in [-0.3, -0.25) is 0 Å². The molecule has 0 aliphatic heterocycles. The lowest BCUT2D eigenvalue weighted by molar-refractivity contribution is 0.759. The molecule has 0 aliphatic carbocycles. The van der Waals surface area contributed by atoms with Crippen LogP contribution in [0.5, 0.6) is 0 Å². The van der Waals surface area contributed by atoms with E-state index in [9.17, 15) is 0 Å². The van der Waals surface area contributed by atoms with E-state index in [1.165, 1.54) is 0 Å². The summed E-state index contributed by atoms with van der Waals surface area (Å²) >= 11 is 0. The lowest BCUT2D eigenvalue weighted by Gasteiger charge is -2.18. The fraction of sp³-hybridized carbons (Fsp3) is 0.312. The van der Waals surface area contributed by atoms with Gasteiger partial charge in [-0.1, -0.05) is 19.4 Å². The minimum atomic E-state index is 0.533. The second kappa shape index (κ2) is 7.25. The van der Waals surface area contributed by atoms with Gasteiger partial charge in [0.05, 0.1) is 11.6 Å². The first-order chi connectivity index (χ1) is 10.2. The Morgan fingerprint density at radius 1 is 1.33 bits per heavy atom. The molecule has 0 unspecified atom stereocenters. The molecule has 5 nitrogen and oxygen atoms in total. The Hall–Kier alpha value is -2.61. The number of unbranched alkanes of at least 4 members (excludes halogenated alkanes) is 1. The molecular formula is C16H19N5. The highest BCUT2D eigenvalue weighted by Gasteiger charge is 2.05. The average Bonchev–Trinajstić information content (AvgIpc) is 2.53. The zero-order valence-electron chi connectivity index (χ0n) is 12.4. The van der Waals surface area contributed by atoms with Gasteiger partial charge in [0.25, 0.3) is 0 Å². The Morgan fingerprint density at radius 3 is 2.95 bits per heavy atom. The SMILES string of the molecule is CCCCN(C)c1ccnc(Nc2cccc(C#N)c2)n1. The first kappa shape index (κ1) is 14.8. The van der Waals surface area contributed by atoms with Crippen molar-refractivity contribution in [3.8, 4) is 6.07 Å². The van der Waals surface area contributed by atoms with Crippen LogP contribution in [0.25, 0.3) is 0 Å². The third-order valence-corrected chi connectivity index (χ3v) is 3.13. The van der Waals surface area contributed by atoms with Crippen LogP contribution < -0.4 is 10.2 Å². The Labute approximate surface area is 125 Å². The summed E-state index contributed by atoms with van der Waals surface area (Å²) in [5.74, 6) is 1.42. The normalized spacial score (nSPS) is 9.95. The quantitative estimate of drug-likeness (QED) is 0.879. The van der Waals surface area contributed by atoms with Crippen LogP contribution >= 0.6 is 0 Å². The first-order valence-corrected chi connectivity index (χ1v) is 7.04. The summed E-state index contributed by atoms with van der Waals surface area (Å²) in [6.45, 7) is 3.14. The molecule has 0 radical (unpaired) electrons. The molecule has 0 amide bonds. The van der Waals surface area contributed by atoms with Gasteiger partial charge in [0.15, 0.2) is 0 Å². The monoisotopic (exact) mass is 281 g/mol. The van der Waals surface area contributed by atoms with E-state index in [4.69, 9.17) is 5.26 Å². The smallest absolute Gasteiger partial charge is 0.229 e. The fourth-order valence-electron chi connectivity index (χ4n) is 1.93. The van der Waals surface area contributed by atoms with Gasteiger partial charge in [0.2, 0.25) is 5.95 Å². The molecule has 0 saturated carbocycles. The second-order valence-corrected chi connectivity index (χ2v) is 4.83. The van der Waals surface area contributed by atoms with Crippen LogP contribution in [0.2, 0.25) is 0 Å². The molecule has 1 aromatic carbocycles. The van der Waals surface area contributed by atoms with E-state index in [1.54, 1.807) is 18.3 Å². The van der Waals surface area contributed by atoms with Crippen LogP contribution in [0.3, 0.4) is 0 Å². The van der Waals surface area contributed by atoms with Crippen molar-refractivity contribution in [1.82, 2.24) is 9.97 Å². The molecule has 0 fully saturated rings. The van der Waals surface area contributed by atoms with Gasteiger partial charge >= 0.3 is 0 Å². The number of hydrogen-bond acceptors (Lipinski definition) is 5. The zero-order valence-corrected chi connectivity index (χ0v) is 12.4. The standard InChI is InChI=1S/C16H19N5/c1-3-4-10-21(2)15-8-9-18-16(20-15)19-14-7-5-6-13(11-14)12-17/h5-9,11H,3-4,10H2,1-2H3,(H,18,19,20). The van der Waals surface area contributed by atoms with Crippen molar-refractivity contribution < 1.29 is 0 Å². The molecule has 21 heavy (non-hydrogen) atoms. The molecule has 2 aromatic rings. The number of benzene rings is 1. The van der Waals surface area contributed by atoms with Crippen molar-refractivity contribution in [2.75, 3.05) is 23.8 Å². The maximum absolute atomic E-state index is 8.91. The predicted octanol–water partition coefficient (Wildman–Crippen LogP) is 3.33. The third kappa shape index (κ3) is 4.18. The van der Waals surface area contributed by atoms with E-state index in [1.807, 2.05) is 25.2 Å². The number of nitriles is 1. The van der Waals surface area contributed by atoms with Gasteiger partial charge < -0.3 is 10.2 Å². The fourth-order valence-corrected chi connectivity index (χ4v) is 1.93. The number of anilines is 3. The van der Waals surface area contributed by atoms with E-state index >= 15 is 0 Å². The van der Waals surface area contributed by atoms with Crippen LogP contribution in [-0.4, -0.2) is 23.6 Å². The molecule has 1 heterocycles. The average molecular weight is 281 g/mol. The van der Waals surface area contributed by atoms with Crippen molar-refractivity contribution >= 4 is 17.5 Å². The van der Waals surface area contributed by atoms with Gasteiger partial charge in [0, 0.05) is 25.5 Å². The van der Waals surface area contributed by atoms with Crippen molar-refractivity contribution in [3.05, 3.63) is 42.1 Å². The van der Waals surface area contributed by atoms with Crippen LogP contribution in [0.1, 0.15) is 25.3 Å². The van der Waals surface area contributed by atoms with Gasteiger partial charge in [0.1, 0.15) is 5.82 Å². The summed E-state index contributed by atoms with van der Waals surface area (Å²) in [4.78, 5) is 10.8. The predicted molar refractivity (Wildman–Crippen MR) is 84.6 cm³/mol. The van der Waals surface area contributed by atoms with E-state index in [2.05, 4.69) is 33.2 Å². The summed E-state index contributed by atoms with van der Waals surface area (Å²) in [5, 5.41) is 12.0. The van der Waals surface area contributed by atoms with Crippen LogP contribution in [-0.2, 0) is 0 Å². The number of nitrogens with zero attached hydrogens (tertiary/aromatic N) is 4. The molecule has 1 N–H and O–H groups in total. The molecule has 0 atom stereocenters.